The van der Waals surface area contributed by atoms with Crippen LogP contribution in [0.1, 0.15) is 17.7 Å². The van der Waals surface area contributed by atoms with E-state index in [1.165, 1.54) is 18.5 Å². The summed E-state index contributed by atoms with van der Waals surface area (Å²) in [4.78, 5) is 29.0. The van der Waals surface area contributed by atoms with E-state index in [1.54, 1.807) is 6.20 Å². The van der Waals surface area contributed by atoms with Crippen molar-refractivity contribution in [2.45, 2.75) is 19.8 Å². The molecule has 3 N–H and O–H groups in total. The fraction of sp³-hybridized carbons (Fsp3) is 0.267. The molecule has 3 aromatic rings. The molecular formula is C15H16N6O3. The van der Waals surface area contributed by atoms with Crippen molar-refractivity contribution in [1.82, 2.24) is 20.2 Å². The summed E-state index contributed by atoms with van der Waals surface area (Å²) in [5, 5.41) is 21.4. The largest absolute Gasteiger partial charge is 0.379 e. The summed E-state index contributed by atoms with van der Waals surface area (Å²) in [6.45, 7) is 2.51. The van der Waals surface area contributed by atoms with Crippen molar-refractivity contribution < 1.29 is 4.92 Å². The molecule has 124 valence electrons. The van der Waals surface area contributed by atoms with Crippen LogP contribution in [0.3, 0.4) is 0 Å². The number of fused-ring (bicyclic) bond motifs is 1. The summed E-state index contributed by atoms with van der Waals surface area (Å²) in [6.07, 6.45) is 4.67. The molecule has 0 aliphatic heterocycles. The average molecular weight is 328 g/mol. The summed E-state index contributed by atoms with van der Waals surface area (Å²) >= 11 is 0. The lowest BCUT2D eigenvalue weighted by Gasteiger charge is -2.08. The van der Waals surface area contributed by atoms with E-state index in [4.69, 9.17) is 0 Å². The van der Waals surface area contributed by atoms with Crippen LogP contribution in [0.5, 0.6) is 0 Å². The van der Waals surface area contributed by atoms with Crippen LogP contribution in [0.4, 0.5) is 11.4 Å². The summed E-state index contributed by atoms with van der Waals surface area (Å²) in [5.74, 6) is 0. The average Bonchev–Trinajstić information content (AvgIpc) is 2.96. The number of anilines is 1. The Morgan fingerprint density at radius 2 is 2.21 bits per heavy atom. The van der Waals surface area contributed by atoms with Gasteiger partial charge < -0.3 is 10.3 Å². The smallest absolute Gasteiger partial charge is 0.293 e. The molecule has 9 nitrogen and oxygen atoms in total. The Kier molecular flexibility index (Phi) is 4.23. The van der Waals surface area contributed by atoms with E-state index in [1.807, 2.05) is 6.92 Å². The lowest BCUT2D eigenvalue weighted by Crippen LogP contribution is -2.09. The number of nitro benzene ring substituents is 1. The molecule has 0 fully saturated rings. The highest BCUT2D eigenvalue weighted by Gasteiger charge is 2.16. The Labute approximate surface area is 136 Å². The first-order valence-corrected chi connectivity index (χ1v) is 7.45. The first kappa shape index (κ1) is 15.7. The van der Waals surface area contributed by atoms with E-state index in [2.05, 4.69) is 25.5 Å². The maximum atomic E-state index is 11.7. The second-order valence-electron chi connectivity index (χ2n) is 5.43. The molecular weight excluding hydrogens is 312 g/mol. The van der Waals surface area contributed by atoms with Gasteiger partial charge in [0.2, 0.25) is 0 Å². The maximum Gasteiger partial charge on any atom is 0.293 e. The third-order valence-corrected chi connectivity index (χ3v) is 3.83. The Balaban J connectivity index is 1.78. The number of hydrogen-bond acceptors (Lipinski definition) is 6. The molecule has 0 bridgehead atoms. The number of hydrogen-bond donors (Lipinski definition) is 3. The van der Waals surface area contributed by atoms with Gasteiger partial charge in [-0.15, -0.1) is 0 Å². The Hall–Kier alpha value is -3.23. The zero-order chi connectivity index (χ0) is 17.1. The van der Waals surface area contributed by atoms with Gasteiger partial charge in [0.25, 0.3) is 11.2 Å². The van der Waals surface area contributed by atoms with Crippen molar-refractivity contribution in [3.8, 4) is 0 Å². The molecule has 0 unspecified atom stereocenters. The van der Waals surface area contributed by atoms with Gasteiger partial charge in [-0.2, -0.15) is 5.10 Å². The van der Waals surface area contributed by atoms with E-state index >= 15 is 0 Å². The van der Waals surface area contributed by atoms with Crippen molar-refractivity contribution in [2.24, 2.45) is 0 Å². The van der Waals surface area contributed by atoms with Gasteiger partial charge in [0, 0.05) is 18.3 Å². The fourth-order valence-electron chi connectivity index (χ4n) is 2.53. The van der Waals surface area contributed by atoms with E-state index < -0.39 is 10.5 Å². The Morgan fingerprint density at radius 1 is 1.38 bits per heavy atom. The van der Waals surface area contributed by atoms with Gasteiger partial charge in [0.15, 0.2) is 0 Å². The van der Waals surface area contributed by atoms with Crippen LogP contribution >= 0.6 is 0 Å². The number of nitrogens with one attached hydrogen (secondary N) is 3. The zero-order valence-corrected chi connectivity index (χ0v) is 13.0. The first-order chi connectivity index (χ1) is 11.6. The molecule has 2 aromatic heterocycles. The molecule has 3 rings (SSSR count). The molecule has 2 heterocycles. The van der Waals surface area contributed by atoms with Gasteiger partial charge in [-0.05, 0) is 31.4 Å². The molecule has 0 spiro atoms. The van der Waals surface area contributed by atoms with Crippen molar-refractivity contribution in [1.29, 1.82) is 0 Å². The fourth-order valence-corrected chi connectivity index (χ4v) is 2.53. The van der Waals surface area contributed by atoms with Gasteiger partial charge in [-0.1, -0.05) is 0 Å². The number of aromatic amines is 2. The molecule has 1 aromatic carbocycles. The summed E-state index contributed by atoms with van der Waals surface area (Å²) < 4.78 is 0. The lowest BCUT2D eigenvalue weighted by atomic mass is 10.1. The maximum absolute atomic E-state index is 11.7. The van der Waals surface area contributed by atoms with Crippen LogP contribution in [0.15, 0.2) is 29.5 Å². The minimum Gasteiger partial charge on any atom is -0.379 e. The van der Waals surface area contributed by atoms with Gasteiger partial charge in [-0.25, -0.2) is 4.98 Å². The molecule has 9 heteroatoms. The third kappa shape index (κ3) is 3.09. The van der Waals surface area contributed by atoms with Crippen molar-refractivity contribution in [3.63, 3.8) is 0 Å². The molecule has 0 atom stereocenters. The highest BCUT2D eigenvalue weighted by atomic mass is 16.6. The number of benzene rings is 1. The second kappa shape index (κ2) is 6.49. The van der Waals surface area contributed by atoms with Gasteiger partial charge in [-0.3, -0.25) is 20.0 Å². The normalized spacial score (nSPS) is 10.9. The summed E-state index contributed by atoms with van der Waals surface area (Å²) in [6, 6.07) is 2.79. The molecule has 0 saturated heterocycles. The predicted molar refractivity (Wildman–Crippen MR) is 89.2 cm³/mol. The summed E-state index contributed by atoms with van der Waals surface area (Å²) in [5.41, 5.74) is 2.38. The second-order valence-corrected chi connectivity index (χ2v) is 5.43. The van der Waals surface area contributed by atoms with E-state index in [0.717, 1.165) is 24.1 Å². The van der Waals surface area contributed by atoms with E-state index in [9.17, 15) is 14.9 Å². The van der Waals surface area contributed by atoms with Gasteiger partial charge in [0.05, 0.1) is 28.4 Å². The minimum atomic E-state index is -0.506. The molecule has 0 aliphatic rings. The number of nitrogens with zero attached hydrogens (tertiary/aromatic N) is 3. The minimum absolute atomic E-state index is 0.138. The highest BCUT2D eigenvalue weighted by Crippen LogP contribution is 2.27. The molecule has 24 heavy (non-hydrogen) atoms. The topological polar surface area (TPSA) is 130 Å². The van der Waals surface area contributed by atoms with Crippen LogP contribution < -0.4 is 10.9 Å². The number of aryl methyl sites for hydroxylation is 2. The lowest BCUT2D eigenvalue weighted by molar-refractivity contribution is -0.383. The number of aromatic nitrogens is 4. The quantitative estimate of drug-likeness (QED) is 0.360. The number of H-pyrrole nitrogens is 2. The Morgan fingerprint density at radius 3 is 2.92 bits per heavy atom. The van der Waals surface area contributed by atoms with Crippen LogP contribution in [0.2, 0.25) is 0 Å². The van der Waals surface area contributed by atoms with Crippen molar-refractivity contribution >= 4 is 22.3 Å². The van der Waals surface area contributed by atoms with Crippen LogP contribution in [0.25, 0.3) is 10.9 Å². The molecule has 0 aliphatic carbocycles. The van der Waals surface area contributed by atoms with Gasteiger partial charge >= 0.3 is 0 Å². The van der Waals surface area contributed by atoms with Crippen LogP contribution in [-0.2, 0) is 6.42 Å². The SMILES string of the molecule is Cc1[nH]ncc1CCCNc1cc2nc[nH]c(=O)c2cc1[N+](=O)[O-]. The number of nitro groups is 1. The van der Waals surface area contributed by atoms with Gasteiger partial charge in [0.1, 0.15) is 5.69 Å². The molecule has 0 amide bonds. The van der Waals surface area contributed by atoms with Crippen LogP contribution in [-0.4, -0.2) is 31.6 Å². The molecule has 0 saturated carbocycles. The first-order valence-electron chi connectivity index (χ1n) is 7.45. The van der Waals surface area contributed by atoms with Crippen molar-refractivity contribution in [3.05, 3.63) is 56.4 Å². The van der Waals surface area contributed by atoms with E-state index in [0.29, 0.717) is 17.7 Å². The van der Waals surface area contributed by atoms with Crippen molar-refractivity contribution in [2.75, 3.05) is 11.9 Å². The Bertz CT molecular complexity index is 946. The van der Waals surface area contributed by atoms with Crippen LogP contribution in [0, 0.1) is 17.0 Å². The third-order valence-electron chi connectivity index (χ3n) is 3.83. The molecule has 0 radical (unpaired) electrons. The standard InChI is InChI=1S/C15H16N6O3/c1-9-10(7-19-20-9)3-2-4-16-13-6-12-11(5-14(13)21(23)24)15(22)18-8-17-12/h5-8,16H,2-4H2,1H3,(H,19,20)(H,17,18,22). The zero-order valence-electron chi connectivity index (χ0n) is 13.0. The number of rotatable bonds is 6. The predicted octanol–water partition coefficient (Wildman–Crippen LogP) is 1.91. The highest BCUT2D eigenvalue weighted by molar-refractivity contribution is 5.86. The van der Waals surface area contributed by atoms with E-state index in [-0.39, 0.29) is 11.1 Å². The summed E-state index contributed by atoms with van der Waals surface area (Å²) in [7, 11) is 0. The monoisotopic (exact) mass is 328 g/mol.